The minimum atomic E-state index is -0.137. The zero-order valence-corrected chi connectivity index (χ0v) is 16.5. The molecule has 1 aliphatic rings. The normalized spacial score (nSPS) is 20.5. The second-order valence-corrected chi connectivity index (χ2v) is 8.22. The highest BCUT2D eigenvalue weighted by Gasteiger charge is 2.24. The molecule has 2 aromatic heterocycles. The molecule has 6 heteroatoms. The molecule has 0 amide bonds. The molecule has 3 heterocycles. The summed E-state index contributed by atoms with van der Waals surface area (Å²) in [6, 6.07) is 9.77. The quantitative estimate of drug-likeness (QED) is 0.683. The van der Waals surface area contributed by atoms with Crippen LogP contribution in [0.2, 0.25) is 0 Å². The lowest BCUT2D eigenvalue weighted by atomic mass is 9.92. The van der Waals surface area contributed by atoms with E-state index in [1.165, 1.54) is 6.42 Å². The van der Waals surface area contributed by atoms with Crippen LogP contribution in [0.25, 0.3) is 22.2 Å². The van der Waals surface area contributed by atoms with Crippen LogP contribution in [0.15, 0.2) is 45.8 Å². The van der Waals surface area contributed by atoms with E-state index < -0.39 is 0 Å². The molecule has 1 N–H and O–H groups in total. The fourth-order valence-corrected chi connectivity index (χ4v) is 4.17. The number of fused-ring (bicyclic) bond motifs is 1. The Kier molecular flexibility index (Phi) is 4.53. The summed E-state index contributed by atoms with van der Waals surface area (Å²) in [5.74, 6) is 1.80. The van der Waals surface area contributed by atoms with Crippen molar-refractivity contribution in [1.82, 2.24) is 15.0 Å². The second kappa shape index (κ2) is 6.83. The third-order valence-electron chi connectivity index (χ3n) is 4.92. The third kappa shape index (κ3) is 3.26. The Balaban J connectivity index is 1.82. The highest BCUT2D eigenvalue weighted by molar-refractivity contribution is 9.10. The number of nitrogens with zero attached hydrogens (tertiary/aromatic N) is 3. The van der Waals surface area contributed by atoms with Gasteiger partial charge in [0, 0.05) is 23.8 Å². The van der Waals surface area contributed by atoms with Gasteiger partial charge in [-0.25, -0.2) is 4.98 Å². The number of rotatable bonds is 2. The van der Waals surface area contributed by atoms with Gasteiger partial charge < -0.3 is 4.90 Å². The summed E-state index contributed by atoms with van der Waals surface area (Å²) in [6.45, 7) is 6.30. The molecule has 1 aromatic carbocycles. The number of H-pyrrole nitrogens is 1. The number of anilines is 1. The van der Waals surface area contributed by atoms with Gasteiger partial charge in [0.2, 0.25) is 5.95 Å². The van der Waals surface area contributed by atoms with Crippen LogP contribution >= 0.6 is 15.9 Å². The Morgan fingerprint density at radius 2 is 1.81 bits per heavy atom. The van der Waals surface area contributed by atoms with E-state index in [-0.39, 0.29) is 5.56 Å². The molecule has 5 nitrogen and oxygen atoms in total. The number of benzene rings is 1. The van der Waals surface area contributed by atoms with E-state index in [9.17, 15) is 4.79 Å². The van der Waals surface area contributed by atoms with Crippen molar-refractivity contribution in [2.24, 2.45) is 11.8 Å². The second-order valence-electron chi connectivity index (χ2n) is 7.30. The number of aromatic amines is 1. The first-order valence-corrected chi connectivity index (χ1v) is 9.70. The maximum Gasteiger partial charge on any atom is 0.262 e. The van der Waals surface area contributed by atoms with Gasteiger partial charge in [-0.15, -0.1) is 0 Å². The molecule has 0 saturated carbocycles. The van der Waals surface area contributed by atoms with E-state index in [0.29, 0.717) is 28.8 Å². The van der Waals surface area contributed by atoms with Gasteiger partial charge in [0.1, 0.15) is 0 Å². The monoisotopic (exact) mass is 412 g/mol. The molecule has 1 fully saturated rings. The number of piperidine rings is 1. The van der Waals surface area contributed by atoms with Crippen molar-refractivity contribution in [2.75, 3.05) is 18.0 Å². The Morgan fingerprint density at radius 1 is 1.12 bits per heavy atom. The average molecular weight is 413 g/mol. The van der Waals surface area contributed by atoms with Crippen LogP contribution in [-0.2, 0) is 0 Å². The summed E-state index contributed by atoms with van der Waals surface area (Å²) in [4.78, 5) is 27.1. The van der Waals surface area contributed by atoms with E-state index in [1.54, 1.807) is 6.20 Å². The zero-order valence-electron chi connectivity index (χ0n) is 14.9. The SMILES string of the molecule is CC1CC(C)CN(c2nc3nccc(-c4ccc(Br)cc4)c3c(=O)[nH]2)C1. The fraction of sp³-hybridized carbons (Fsp3) is 0.350. The van der Waals surface area contributed by atoms with Crippen molar-refractivity contribution >= 4 is 32.9 Å². The largest absolute Gasteiger partial charge is 0.342 e. The van der Waals surface area contributed by atoms with Crippen LogP contribution in [0.3, 0.4) is 0 Å². The maximum absolute atomic E-state index is 12.9. The van der Waals surface area contributed by atoms with Gasteiger partial charge in [0.15, 0.2) is 5.65 Å². The highest BCUT2D eigenvalue weighted by atomic mass is 79.9. The first-order chi connectivity index (χ1) is 12.5. The van der Waals surface area contributed by atoms with Crippen molar-refractivity contribution < 1.29 is 0 Å². The summed E-state index contributed by atoms with van der Waals surface area (Å²) in [7, 11) is 0. The minimum absolute atomic E-state index is 0.137. The molecule has 1 saturated heterocycles. The fourth-order valence-electron chi connectivity index (χ4n) is 3.91. The Hall–Kier alpha value is -2.21. The van der Waals surface area contributed by atoms with E-state index in [4.69, 9.17) is 0 Å². The van der Waals surface area contributed by atoms with Gasteiger partial charge in [0.05, 0.1) is 5.39 Å². The number of hydrogen-bond donors (Lipinski definition) is 1. The first-order valence-electron chi connectivity index (χ1n) is 8.91. The van der Waals surface area contributed by atoms with E-state index >= 15 is 0 Å². The summed E-state index contributed by atoms with van der Waals surface area (Å²) < 4.78 is 1.00. The van der Waals surface area contributed by atoms with E-state index in [2.05, 4.69) is 49.6 Å². The van der Waals surface area contributed by atoms with Gasteiger partial charge in [-0.05, 0) is 47.6 Å². The topological polar surface area (TPSA) is 61.9 Å². The smallest absolute Gasteiger partial charge is 0.262 e. The molecule has 134 valence electrons. The minimum Gasteiger partial charge on any atom is -0.342 e. The van der Waals surface area contributed by atoms with Crippen LogP contribution < -0.4 is 10.5 Å². The number of halogens is 1. The zero-order chi connectivity index (χ0) is 18.3. The predicted molar refractivity (Wildman–Crippen MR) is 108 cm³/mol. The summed E-state index contributed by atoms with van der Waals surface area (Å²) in [5.41, 5.74) is 2.18. The summed E-state index contributed by atoms with van der Waals surface area (Å²) in [5, 5.41) is 0.539. The van der Waals surface area contributed by atoms with Crippen LogP contribution in [0.4, 0.5) is 5.95 Å². The molecule has 2 atom stereocenters. The van der Waals surface area contributed by atoms with E-state index in [1.807, 2.05) is 30.3 Å². The van der Waals surface area contributed by atoms with Gasteiger partial charge in [-0.2, -0.15) is 4.98 Å². The first kappa shape index (κ1) is 17.2. The van der Waals surface area contributed by atoms with Gasteiger partial charge >= 0.3 is 0 Å². The van der Waals surface area contributed by atoms with Crippen molar-refractivity contribution in [1.29, 1.82) is 0 Å². The number of nitrogens with one attached hydrogen (secondary N) is 1. The molecule has 1 aliphatic heterocycles. The predicted octanol–water partition coefficient (Wildman–Crippen LogP) is 4.23. The molecule has 26 heavy (non-hydrogen) atoms. The van der Waals surface area contributed by atoms with Gasteiger partial charge in [-0.3, -0.25) is 9.78 Å². The van der Waals surface area contributed by atoms with Crippen molar-refractivity contribution in [3.8, 4) is 11.1 Å². The van der Waals surface area contributed by atoms with Crippen LogP contribution in [0.5, 0.6) is 0 Å². The van der Waals surface area contributed by atoms with Crippen LogP contribution in [-0.4, -0.2) is 28.0 Å². The summed E-state index contributed by atoms with van der Waals surface area (Å²) in [6.07, 6.45) is 2.93. The molecular weight excluding hydrogens is 392 g/mol. The van der Waals surface area contributed by atoms with Crippen LogP contribution in [0.1, 0.15) is 20.3 Å². The molecule has 0 radical (unpaired) electrons. The lowest BCUT2D eigenvalue weighted by Gasteiger charge is -2.35. The molecule has 3 aromatic rings. The lowest BCUT2D eigenvalue weighted by Crippen LogP contribution is -2.40. The highest BCUT2D eigenvalue weighted by Crippen LogP contribution is 2.28. The third-order valence-corrected chi connectivity index (χ3v) is 5.45. The molecular formula is C20H21BrN4O. The maximum atomic E-state index is 12.9. The molecule has 0 aliphatic carbocycles. The Morgan fingerprint density at radius 3 is 2.50 bits per heavy atom. The summed E-state index contributed by atoms with van der Waals surface area (Å²) >= 11 is 3.45. The molecule has 0 spiro atoms. The average Bonchev–Trinajstić information content (AvgIpc) is 2.61. The Bertz CT molecular complexity index is 989. The number of pyridine rings is 1. The number of hydrogen-bond acceptors (Lipinski definition) is 4. The van der Waals surface area contributed by atoms with Crippen LogP contribution in [0, 0.1) is 11.8 Å². The Labute approximate surface area is 160 Å². The van der Waals surface area contributed by atoms with Crippen molar-refractivity contribution in [2.45, 2.75) is 20.3 Å². The van der Waals surface area contributed by atoms with Crippen molar-refractivity contribution in [3.63, 3.8) is 0 Å². The van der Waals surface area contributed by atoms with E-state index in [0.717, 1.165) is 28.7 Å². The number of aromatic nitrogens is 3. The molecule has 4 rings (SSSR count). The standard InChI is InChI=1S/C20H21BrN4O/c1-12-9-13(2)11-25(10-12)20-23-18-17(19(26)24-20)16(7-8-22-18)14-3-5-15(21)6-4-14/h3-8,12-13H,9-11H2,1-2H3,(H,22,23,24,26). The molecule has 2 unspecified atom stereocenters. The lowest BCUT2D eigenvalue weighted by molar-refractivity contribution is 0.353. The van der Waals surface area contributed by atoms with Crippen molar-refractivity contribution in [3.05, 3.63) is 51.4 Å². The van der Waals surface area contributed by atoms with Gasteiger partial charge in [0.25, 0.3) is 5.56 Å². The molecule has 0 bridgehead atoms. The van der Waals surface area contributed by atoms with Gasteiger partial charge in [-0.1, -0.05) is 41.9 Å².